The molecule has 94 valence electrons. The summed E-state index contributed by atoms with van der Waals surface area (Å²) in [6.07, 6.45) is 0.696. The van der Waals surface area contributed by atoms with E-state index in [4.69, 9.17) is 0 Å². The Bertz CT molecular complexity index is 484. The number of rotatable bonds is 2. The van der Waals surface area contributed by atoms with E-state index in [9.17, 15) is 13.5 Å². The molecule has 5 heteroatoms. The van der Waals surface area contributed by atoms with Crippen molar-refractivity contribution in [2.45, 2.75) is 13.0 Å². The van der Waals surface area contributed by atoms with Crippen LogP contribution in [-0.4, -0.2) is 43.0 Å². The quantitative estimate of drug-likeness (QED) is 0.857. The molecule has 1 aliphatic rings. The van der Waals surface area contributed by atoms with Crippen molar-refractivity contribution in [3.63, 3.8) is 0 Å². The zero-order valence-corrected chi connectivity index (χ0v) is 10.5. The number of hydrogen-bond acceptors (Lipinski definition) is 4. The number of sulfone groups is 1. The summed E-state index contributed by atoms with van der Waals surface area (Å²) in [6, 6.07) is 7.11. The van der Waals surface area contributed by atoms with Gasteiger partial charge in [-0.25, -0.2) is 8.42 Å². The largest absolute Gasteiger partial charge is 0.508 e. The third-order valence-corrected chi connectivity index (χ3v) is 4.68. The molecule has 0 spiro atoms. The van der Waals surface area contributed by atoms with E-state index in [1.165, 1.54) is 0 Å². The van der Waals surface area contributed by atoms with Crippen LogP contribution >= 0.6 is 0 Å². The van der Waals surface area contributed by atoms with Crippen molar-refractivity contribution in [2.24, 2.45) is 0 Å². The third-order valence-electron chi connectivity index (χ3n) is 2.96. The van der Waals surface area contributed by atoms with E-state index in [-0.39, 0.29) is 11.5 Å². The Hall–Kier alpha value is -1.07. The number of benzene rings is 1. The molecule has 0 aromatic heterocycles. The number of phenolic OH excluding ortho intramolecular Hbond substituents is 1. The Balaban J connectivity index is 2.00. The lowest BCUT2D eigenvalue weighted by atomic mass is 10.2. The van der Waals surface area contributed by atoms with Crippen molar-refractivity contribution >= 4 is 9.84 Å². The molecule has 1 aromatic carbocycles. The second-order valence-electron chi connectivity index (χ2n) is 4.45. The molecule has 1 heterocycles. The molecule has 17 heavy (non-hydrogen) atoms. The highest BCUT2D eigenvalue weighted by atomic mass is 32.2. The fourth-order valence-corrected chi connectivity index (χ4v) is 3.37. The van der Waals surface area contributed by atoms with Gasteiger partial charge in [-0.1, -0.05) is 12.1 Å². The number of hydrogen-bond donors (Lipinski definition) is 1. The highest BCUT2D eigenvalue weighted by Crippen LogP contribution is 2.14. The first-order chi connectivity index (χ1) is 8.05. The summed E-state index contributed by atoms with van der Waals surface area (Å²) in [6.45, 7) is 2.08. The lowest BCUT2D eigenvalue weighted by molar-refractivity contribution is 0.287. The molecule has 4 nitrogen and oxygen atoms in total. The third kappa shape index (κ3) is 3.71. The molecule has 0 saturated carbocycles. The van der Waals surface area contributed by atoms with Crippen LogP contribution in [0.3, 0.4) is 0 Å². The monoisotopic (exact) mass is 255 g/mol. The van der Waals surface area contributed by atoms with E-state index < -0.39 is 9.84 Å². The number of nitrogens with zero attached hydrogens (tertiary/aromatic N) is 1. The minimum Gasteiger partial charge on any atom is -0.508 e. The first kappa shape index (κ1) is 12.4. The second-order valence-corrected chi connectivity index (χ2v) is 6.76. The molecular weight excluding hydrogens is 238 g/mol. The molecule has 1 N–H and O–H groups in total. The zero-order valence-electron chi connectivity index (χ0n) is 9.67. The Morgan fingerprint density at radius 3 is 2.82 bits per heavy atom. The summed E-state index contributed by atoms with van der Waals surface area (Å²) in [4.78, 5) is 2.12. The predicted octanol–water partition coefficient (Wildman–Crippen LogP) is 1.01. The van der Waals surface area contributed by atoms with Crippen molar-refractivity contribution in [1.29, 1.82) is 0 Å². The molecule has 1 aromatic rings. The first-order valence-corrected chi connectivity index (χ1v) is 7.58. The van der Waals surface area contributed by atoms with Gasteiger partial charge in [0.15, 0.2) is 9.84 Å². The van der Waals surface area contributed by atoms with Crippen LogP contribution in [0.1, 0.15) is 12.0 Å². The van der Waals surface area contributed by atoms with Gasteiger partial charge in [0.25, 0.3) is 0 Å². The molecule has 0 bridgehead atoms. The number of aromatic hydroxyl groups is 1. The van der Waals surface area contributed by atoms with Crippen LogP contribution in [0.25, 0.3) is 0 Å². The van der Waals surface area contributed by atoms with E-state index in [0.717, 1.165) is 12.1 Å². The summed E-state index contributed by atoms with van der Waals surface area (Å²) in [5, 5.41) is 9.37. The lowest BCUT2D eigenvalue weighted by Crippen LogP contribution is -2.26. The maximum absolute atomic E-state index is 11.5. The fourth-order valence-electron chi connectivity index (χ4n) is 2.06. The Kier molecular flexibility index (Phi) is 3.69. The lowest BCUT2D eigenvalue weighted by Gasteiger charge is -2.19. The van der Waals surface area contributed by atoms with Crippen LogP contribution in [0.2, 0.25) is 0 Å². The molecule has 0 aliphatic carbocycles. The zero-order chi connectivity index (χ0) is 12.3. The summed E-state index contributed by atoms with van der Waals surface area (Å²) < 4.78 is 22.9. The van der Waals surface area contributed by atoms with Gasteiger partial charge in [0, 0.05) is 13.1 Å². The van der Waals surface area contributed by atoms with Crippen molar-refractivity contribution < 1.29 is 13.5 Å². The Labute approximate surface area is 102 Å². The van der Waals surface area contributed by atoms with Gasteiger partial charge in [-0.2, -0.15) is 0 Å². The van der Waals surface area contributed by atoms with E-state index in [1.54, 1.807) is 18.2 Å². The van der Waals surface area contributed by atoms with Gasteiger partial charge >= 0.3 is 0 Å². The van der Waals surface area contributed by atoms with Crippen molar-refractivity contribution in [2.75, 3.05) is 24.6 Å². The Morgan fingerprint density at radius 2 is 2.06 bits per heavy atom. The van der Waals surface area contributed by atoms with Gasteiger partial charge in [-0.3, -0.25) is 4.90 Å². The first-order valence-electron chi connectivity index (χ1n) is 5.76. The van der Waals surface area contributed by atoms with E-state index in [0.29, 0.717) is 25.3 Å². The predicted molar refractivity (Wildman–Crippen MR) is 66.7 cm³/mol. The van der Waals surface area contributed by atoms with Crippen LogP contribution < -0.4 is 0 Å². The van der Waals surface area contributed by atoms with E-state index in [2.05, 4.69) is 4.90 Å². The maximum Gasteiger partial charge on any atom is 0.151 e. The molecule has 1 aliphatic heterocycles. The molecule has 0 radical (unpaired) electrons. The van der Waals surface area contributed by atoms with Gasteiger partial charge in [0.2, 0.25) is 0 Å². The topological polar surface area (TPSA) is 57.6 Å². The summed E-state index contributed by atoms with van der Waals surface area (Å²) in [7, 11) is -2.84. The normalized spacial score (nSPS) is 20.9. The van der Waals surface area contributed by atoms with Crippen LogP contribution in [0.5, 0.6) is 5.75 Å². The van der Waals surface area contributed by atoms with Crippen LogP contribution in [0, 0.1) is 0 Å². The molecular formula is C12H17NO3S. The molecule has 2 rings (SSSR count). The smallest absolute Gasteiger partial charge is 0.151 e. The van der Waals surface area contributed by atoms with Crippen LogP contribution in [-0.2, 0) is 16.4 Å². The van der Waals surface area contributed by atoms with E-state index >= 15 is 0 Å². The second kappa shape index (κ2) is 5.06. The molecule has 0 amide bonds. The average molecular weight is 255 g/mol. The number of phenols is 1. The molecule has 0 unspecified atom stereocenters. The van der Waals surface area contributed by atoms with Crippen molar-refractivity contribution in [3.8, 4) is 5.75 Å². The van der Waals surface area contributed by atoms with Gasteiger partial charge in [0.1, 0.15) is 5.75 Å². The van der Waals surface area contributed by atoms with Crippen molar-refractivity contribution in [3.05, 3.63) is 29.8 Å². The van der Waals surface area contributed by atoms with Gasteiger partial charge in [0.05, 0.1) is 11.5 Å². The molecule has 1 saturated heterocycles. The standard InChI is InChI=1S/C12H17NO3S/c14-12-4-1-3-11(9-12)10-13-5-2-7-17(15,16)8-6-13/h1,3-4,9,14H,2,5-8,10H2. The van der Waals surface area contributed by atoms with Gasteiger partial charge < -0.3 is 5.11 Å². The highest BCUT2D eigenvalue weighted by Gasteiger charge is 2.18. The highest BCUT2D eigenvalue weighted by molar-refractivity contribution is 7.91. The minimum absolute atomic E-state index is 0.242. The van der Waals surface area contributed by atoms with E-state index in [1.807, 2.05) is 6.07 Å². The fraction of sp³-hybridized carbons (Fsp3) is 0.500. The summed E-state index contributed by atoms with van der Waals surface area (Å²) in [5.74, 6) is 0.792. The average Bonchev–Trinajstić information content (AvgIpc) is 2.41. The summed E-state index contributed by atoms with van der Waals surface area (Å²) in [5.41, 5.74) is 1.02. The van der Waals surface area contributed by atoms with Crippen LogP contribution in [0.15, 0.2) is 24.3 Å². The molecule has 0 atom stereocenters. The molecule has 1 fully saturated rings. The minimum atomic E-state index is -2.84. The van der Waals surface area contributed by atoms with Crippen LogP contribution in [0.4, 0.5) is 0 Å². The van der Waals surface area contributed by atoms with Gasteiger partial charge in [-0.05, 0) is 30.7 Å². The summed E-state index contributed by atoms with van der Waals surface area (Å²) >= 11 is 0. The maximum atomic E-state index is 11.5. The Morgan fingerprint density at radius 1 is 1.24 bits per heavy atom. The SMILES string of the molecule is O=S1(=O)CCCN(Cc2cccc(O)c2)CC1. The van der Waals surface area contributed by atoms with Gasteiger partial charge in [-0.15, -0.1) is 0 Å². The van der Waals surface area contributed by atoms with Crippen molar-refractivity contribution in [1.82, 2.24) is 4.90 Å².